The van der Waals surface area contributed by atoms with Gasteiger partial charge in [-0.2, -0.15) is 0 Å². The van der Waals surface area contributed by atoms with Crippen LogP contribution in [0.1, 0.15) is 29.8 Å². The van der Waals surface area contributed by atoms with E-state index in [-0.39, 0.29) is 18.1 Å². The molecule has 1 N–H and O–H groups in total. The molecule has 1 aliphatic heterocycles. The Morgan fingerprint density at radius 3 is 2.62 bits per heavy atom. The van der Waals surface area contributed by atoms with Gasteiger partial charge in [0.25, 0.3) is 0 Å². The van der Waals surface area contributed by atoms with Crippen LogP contribution in [0.25, 0.3) is 0 Å². The molecule has 0 aliphatic carbocycles. The molecule has 6 heteroatoms. The summed E-state index contributed by atoms with van der Waals surface area (Å²) >= 11 is 0. The van der Waals surface area contributed by atoms with Crippen LogP contribution in [0.5, 0.6) is 0 Å². The fourth-order valence-corrected chi connectivity index (χ4v) is 2.81. The molecule has 0 saturated carbocycles. The van der Waals surface area contributed by atoms with Crippen LogP contribution in [0.15, 0.2) is 30.3 Å². The Hall–Kier alpha value is -2.50. The van der Waals surface area contributed by atoms with E-state index in [2.05, 4.69) is 20.2 Å². The molecule has 1 aromatic carbocycles. The number of anilines is 1. The van der Waals surface area contributed by atoms with Gasteiger partial charge in [-0.3, -0.25) is 4.79 Å². The molecule has 3 rings (SSSR count). The summed E-state index contributed by atoms with van der Waals surface area (Å²) in [5.41, 5.74) is 2.48. The van der Waals surface area contributed by atoms with Crippen LogP contribution in [0.4, 0.5) is 10.3 Å². The van der Waals surface area contributed by atoms with E-state index < -0.39 is 0 Å². The molecule has 5 nitrogen and oxygen atoms in total. The number of benzene rings is 1. The SMILES string of the molecule is Cc1cc(CNC(=O)Cc2ccc(F)cc2)nc(N2CCCC2)n1. The fourth-order valence-electron chi connectivity index (χ4n) is 2.81. The largest absolute Gasteiger partial charge is 0.350 e. The van der Waals surface area contributed by atoms with Gasteiger partial charge in [-0.25, -0.2) is 14.4 Å². The van der Waals surface area contributed by atoms with Gasteiger partial charge >= 0.3 is 0 Å². The lowest BCUT2D eigenvalue weighted by Crippen LogP contribution is -2.26. The number of aryl methyl sites for hydroxylation is 1. The number of rotatable bonds is 5. The minimum atomic E-state index is -0.301. The topological polar surface area (TPSA) is 58.1 Å². The Morgan fingerprint density at radius 2 is 1.92 bits per heavy atom. The van der Waals surface area contributed by atoms with Gasteiger partial charge in [-0.05, 0) is 43.5 Å². The molecule has 0 bridgehead atoms. The Kier molecular flexibility index (Phi) is 5.03. The van der Waals surface area contributed by atoms with E-state index in [1.165, 1.54) is 25.0 Å². The van der Waals surface area contributed by atoms with Crippen molar-refractivity contribution in [1.82, 2.24) is 15.3 Å². The van der Waals surface area contributed by atoms with Crippen LogP contribution < -0.4 is 10.2 Å². The fraction of sp³-hybridized carbons (Fsp3) is 0.389. The third kappa shape index (κ3) is 4.28. The van der Waals surface area contributed by atoms with Gasteiger partial charge in [0.05, 0.1) is 18.7 Å². The summed E-state index contributed by atoms with van der Waals surface area (Å²) in [7, 11) is 0. The molecule has 126 valence electrons. The average molecular weight is 328 g/mol. The van der Waals surface area contributed by atoms with Crippen molar-refractivity contribution in [2.75, 3.05) is 18.0 Å². The second kappa shape index (κ2) is 7.38. The van der Waals surface area contributed by atoms with Crippen molar-refractivity contribution in [2.45, 2.75) is 32.7 Å². The minimum absolute atomic E-state index is 0.111. The van der Waals surface area contributed by atoms with Gasteiger partial charge in [0, 0.05) is 18.8 Å². The van der Waals surface area contributed by atoms with E-state index in [4.69, 9.17) is 0 Å². The first kappa shape index (κ1) is 16.4. The number of carbonyl (C=O) groups is 1. The van der Waals surface area contributed by atoms with E-state index in [1.54, 1.807) is 12.1 Å². The monoisotopic (exact) mass is 328 g/mol. The highest BCUT2D eigenvalue weighted by molar-refractivity contribution is 5.78. The summed E-state index contributed by atoms with van der Waals surface area (Å²) in [5, 5.41) is 2.87. The van der Waals surface area contributed by atoms with E-state index in [0.717, 1.165) is 36.0 Å². The molecule has 0 atom stereocenters. The molecule has 2 heterocycles. The van der Waals surface area contributed by atoms with E-state index >= 15 is 0 Å². The quantitative estimate of drug-likeness (QED) is 0.915. The Morgan fingerprint density at radius 1 is 1.21 bits per heavy atom. The van der Waals surface area contributed by atoms with Crippen LogP contribution >= 0.6 is 0 Å². The molecule has 0 radical (unpaired) electrons. The molecular formula is C18H21FN4O. The summed E-state index contributed by atoms with van der Waals surface area (Å²) in [4.78, 5) is 23.3. The number of aromatic nitrogens is 2. The lowest BCUT2D eigenvalue weighted by molar-refractivity contribution is -0.120. The Bertz CT molecular complexity index is 711. The molecule has 0 spiro atoms. The van der Waals surface area contributed by atoms with Crippen molar-refractivity contribution in [1.29, 1.82) is 0 Å². The summed E-state index contributed by atoms with van der Waals surface area (Å²) in [6.07, 6.45) is 2.56. The number of carbonyl (C=O) groups excluding carboxylic acids is 1. The summed E-state index contributed by atoms with van der Waals surface area (Å²) in [5.74, 6) is 0.334. The summed E-state index contributed by atoms with van der Waals surface area (Å²) in [6.45, 7) is 4.27. The first-order chi connectivity index (χ1) is 11.6. The number of hydrogen-bond donors (Lipinski definition) is 1. The second-order valence-corrected chi connectivity index (χ2v) is 6.07. The van der Waals surface area contributed by atoms with Gasteiger partial charge < -0.3 is 10.2 Å². The maximum absolute atomic E-state index is 12.9. The van der Waals surface area contributed by atoms with Crippen molar-refractivity contribution in [3.8, 4) is 0 Å². The van der Waals surface area contributed by atoms with Gasteiger partial charge in [0.2, 0.25) is 11.9 Å². The molecular weight excluding hydrogens is 307 g/mol. The first-order valence-electron chi connectivity index (χ1n) is 8.21. The second-order valence-electron chi connectivity index (χ2n) is 6.07. The van der Waals surface area contributed by atoms with Crippen molar-refractivity contribution >= 4 is 11.9 Å². The van der Waals surface area contributed by atoms with Crippen LogP contribution in [-0.2, 0) is 17.8 Å². The molecule has 2 aromatic rings. The highest BCUT2D eigenvalue weighted by Crippen LogP contribution is 2.16. The molecule has 1 fully saturated rings. The van der Waals surface area contributed by atoms with E-state index in [9.17, 15) is 9.18 Å². The highest BCUT2D eigenvalue weighted by Gasteiger charge is 2.16. The molecule has 1 aromatic heterocycles. The molecule has 1 saturated heterocycles. The zero-order chi connectivity index (χ0) is 16.9. The zero-order valence-corrected chi connectivity index (χ0v) is 13.8. The van der Waals surface area contributed by atoms with Crippen LogP contribution in [0, 0.1) is 12.7 Å². The van der Waals surface area contributed by atoms with Crippen molar-refractivity contribution < 1.29 is 9.18 Å². The van der Waals surface area contributed by atoms with Gasteiger partial charge in [0.1, 0.15) is 5.82 Å². The van der Waals surface area contributed by atoms with Crippen LogP contribution in [0.2, 0.25) is 0 Å². The van der Waals surface area contributed by atoms with E-state index in [1.807, 2.05) is 13.0 Å². The molecule has 1 aliphatic rings. The van der Waals surface area contributed by atoms with Gasteiger partial charge in [-0.1, -0.05) is 12.1 Å². The number of amides is 1. The number of nitrogens with zero attached hydrogens (tertiary/aromatic N) is 3. The average Bonchev–Trinajstić information content (AvgIpc) is 3.09. The standard InChI is InChI=1S/C18H21FN4O/c1-13-10-16(22-18(21-13)23-8-2-3-9-23)12-20-17(24)11-14-4-6-15(19)7-5-14/h4-7,10H,2-3,8-9,11-12H2,1H3,(H,20,24). The van der Waals surface area contributed by atoms with Crippen molar-refractivity contribution in [3.63, 3.8) is 0 Å². The number of hydrogen-bond acceptors (Lipinski definition) is 4. The maximum Gasteiger partial charge on any atom is 0.225 e. The smallest absolute Gasteiger partial charge is 0.225 e. The number of nitrogens with one attached hydrogen (secondary N) is 1. The summed E-state index contributed by atoms with van der Waals surface area (Å²) in [6, 6.07) is 7.85. The predicted octanol–water partition coefficient (Wildman–Crippen LogP) is 2.38. The minimum Gasteiger partial charge on any atom is -0.350 e. The third-order valence-corrected chi connectivity index (χ3v) is 4.03. The Labute approximate surface area is 140 Å². The number of halogens is 1. The third-order valence-electron chi connectivity index (χ3n) is 4.03. The normalized spacial score (nSPS) is 14.0. The van der Waals surface area contributed by atoms with E-state index in [0.29, 0.717) is 6.54 Å². The van der Waals surface area contributed by atoms with Gasteiger partial charge in [-0.15, -0.1) is 0 Å². The first-order valence-corrected chi connectivity index (χ1v) is 8.21. The Balaban J connectivity index is 1.59. The summed E-state index contributed by atoms with van der Waals surface area (Å²) < 4.78 is 12.9. The highest BCUT2D eigenvalue weighted by atomic mass is 19.1. The molecule has 24 heavy (non-hydrogen) atoms. The molecule has 0 unspecified atom stereocenters. The van der Waals surface area contributed by atoms with Crippen molar-refractivity contribution in [2.24, 2.45) is 0 Å². The molecule has 1 amide bonds. The van der Waals surface area contributed by atoms with Crippen LogP contribution in [0.3, 0.4) is 0 Å². The predicted molar refractivity (Wildman–Crippen MR) is 90.2 cm³/mol. The van der Waals surface area contributed by atoms with Gasteiger partial charge in [0.15, 0.2) is 0 Å². The van der Waals surface area contributed by atoms with Crippen LogP contribution in [-0.4, -0.2) is 29.0 Å². The maximum atomic E-state index is 12.9. The van der Waals surface area contributed by atoms with Crippen molar-refractivity contribution in [3.05, 3.63) is 53.1 Å². The zero-order valence-electron chi connectivity index (χ0n) is 13.8. The lowest BCUT2D eigenvalue weighted by atomic mass is 10.1. The lowest BCUT2D eigenvalue weighted by Gasteiger charge is -2.16.